The van der Waals surface area contributed by atoms with E-state index in [4.69, 9.17) is 16.3 Å². The summed E-state index contributed by atoms with van der Waals surface area (Å²) in [6, 6.07) is 9.36. The highest BCUT2D eigenvalue weighted by Gasteiger charge is 2.36. The lowest BCUT2D eigenvalue weighted by atomic mass is 9.85. The Morgan fingerprint density at radius 2 is 1.84 bits per heavy atom. The summed E-state index contributed by atoms with van der Waals surface area (Å²) in [6.07, 6.45) is 7.79. The summed E-state index contributed by atoms with van der Waals surface area (Å²) in [6.45, 7) is 10.8. The molecule has 0 bridgehead atoms. The van der Waals surface area contributed by atoms with Crippen LogP contribution in [0.5, 0.6) is 0 Å². The number of methoxy groups -OCH3 is 1. The van der Waals surface area contributed by atoms with E-state index in [1.165, 1.54) is 5.30 Å². The third kappa shape index (κ3) is 6.41. The van der Waals surface area contributed by atoms with Crippen LogP contribution < -0.4 is 15.9 Å². The van der Waals surface area contributed by atoms with Crippen LogP contribution in [0.25, 0.3) is 0 Å². The first-order chi connectivity index (χ1) is 18.0. The van der Waals surface area contributed by atoms with Gasteiger partial charge in [-0.05, 0) is 37.5 Å². The molecule has 2 aliphatic rings. The summed E-state index contributed by atoms with van der Waals surface area (Å²) in [7, 11) is 1.50. The molecule has 0 amide bonds. The predicted molar refractivity (Wildman–Crippen MR) is 153 cm³/mol. The number of para-hydroxylation sites is 1. The maximum absolute atomic E-state index is 6.42. The van der Waals surface area contributed by atoms with E-state index in [0.717, 1.165) is 63.5 Å². The quantitative estimate of drug-likeness (QED) is 0.370. The van der Waals surface area contributed by atoms with Crippen molar-refractivity contribution in [1.29, 1.82) is 0 Å². The van der Waals surface area contributed by atoms with Crippen molar-refractivity contribution >= 4 is 48.0 Å². The van der Waals surface area contributed by atoms with E-state index < -0.39 is 0 Å². The topological polar surface area (TPSA) is 83.4 Å². The van der Waals surface area contributed by atoms with Gasteiger partial charge in [0, 0.05) is 57.8 Å². The second-order valence-electron chi connectivity index (χ2n) is 9.91. The number of aromatic nitrogens is 4. The normalized spacial score (nSPS) is 20.7. The predicted octanol–water partition coefficient (Wildman–Crippen LogP) is 4.15. The number of nitrogens with zero attached hydrogens (tertiary/aromatic N) is 6. The molecule has 2 aromatic heterocycles. The van der Waals surface area contributed by atoms with Crippen molar-refractivity contribution in [2.75, 3.05) is 70.4 Å². The molecule has 1 aliphatic heterocycles. The first-order valence-corrected chi connectivity index (χ1v) is 15.4. The van der Waals surface area contributed by atoms with Gasteiger partial charge in [-0.2, -0.15) is 10.1 Å². The fraction of sp³-hybridized carbons (Fsp3) is 0.500. The van der Waals surface area contributed by atoms with Gasteiger partial charge in [0.1, 0.15) is 5.02 Å². The molecule has 9 nitrogen and oxygen atoms in total. The SMILES string of the molecule is COCCN1CCN(C2CC(n3cc(Nc4ncc(Cl)c(Nc5ccccc5P(C)C)n4)cn3)C2)CC1. The Labute approximate surface area is 225 Å². The maximum Gasteiger partial charge on any atom is 0.229 e. The minimum Gasteiger partial charge on any atom is -0.383 e. The third-order valence-corrected chi connectivity index (χ3v) is 8.87. The van der Waals surface area contributed by atoms with E-state index in [9.17, 15) is 0 Å². The Kier molecular flexibility index (Phi) is 8.57. The molecule has 0 atom stereocenters. The van der Waals surface area contributed by atoms with Crippen molar-refractivity contribution in [2.45, 2.75) is 24.9 Å². The zero-order valence-electron chi connectivity index (χ0n) is 21.8. The Morgan fingerprint density at radius 3 is 2.59 bits per heavy atom. The lowest BCUT2D eigenvalue weighted by Gasteiger charge is -2.46. The van der Waals surface area contributed by atoms with Crippen LogP contribution in [-0.2, 0) is 4.74 Å². The largest absolute Gasteiger partial charge is 0.383 e. The van der Waals surface area contributed by atoms with Gasteiger partial charge in [0.2, 0.25) is 5.95 Å². The van der Waals surface area contributed by atoms with Gasteiger partial charge in [-0.3, -0.25) is 14.5 Å². The summed E-state index contributed by atoms with van der Waals surface area (Å²) >= 11 is 6.42. The van der Waals surface area contributed by atoms with E-state index in [1.807, 2.05) is 18.5 Å². The molecule has 2 fully saturated rings. The standard InChI is InChI=1S/C26H36ClN8OP/c1-36-13-12-33-8-10-34(11-9-33)20-14-21(15-20)35-18-19(16-29-35)30-26-28-17-22(27)25(32-26)31-23-6-4-5-7-24(23)37(2)3/h4-7,16-18,20-21H,8-15H2,1-3H3,(H2,28,30,31,32). The molecule has 0 spiro atoms. The van der Waals surface area contributed by atoms with Crippen molar-refractivity contribution in [3.8, 4) is 0 Å². The number of benzene rings is 1. The number of rotatable bonds is 10. The van der Waals surface area contributed by atoms with Crippen molar-refractivity contribution < 1.29 is 4.74 Å². The second kappa shape index (κ2) is 12.0. The monoisotopic (exact) mass is 542 g/mol. The zero-order valence-corrected chi connectivity index (χ0v) is 23.4. The first-order valence-electron chi connectivity index (χ1n) is 12.8. The highest BCUT2D eigenvalue weighted by Crippen LogP contribution is 2.36. The maximum atomic E-state index is 6.42. The van der Waals surface area contributed by atoms with Crippen molar-refractivity contribution in [1.82, 2.24) is 29.5 Å². The number of piperazine rings is 1. The molecular weight excluding hydrogens is 507 g/mol. The number of nitrogens with one attached hydrogen (secondary N) is 2. The molecule has 1 saturated carbocycles. The number of hydrogen-bond acceptors (Lipinski definition) is 8. The van der Waals surface area contributed by atoms with Crippen LogP contribution in [0.2, 0.25) is 5.02 Å². The van der Waals surface area contributed by atoms with Gasteiger partial charge in [-0.1, -0.05) is 37.7 Å². The minimum atomic E-state index is -0.267. The highest BCUT2D eigenvalue weighted by atomic mass is 35.5. The Hall–Kier alpha value is -2.29. The molecule has 37 heavy (non-hydrogen) atoms. The molecule has 1 saturated heterocycles. The van der Waals surface area contributed by atoms with Crippen LogP contribution in [0, 0.1) is 0 Å². The van der Waals surface area contributed by atoms with Gasteiger partial charge in [0.05, 0.1) is 30.7 Å². The fourth-order valence-corrected chi connectivity index (χ4v) is 6.12. The molecule has 0 radical (unpaired) electrons. The molecule has 198 valence electrons. The van der Waals surface area contributed by atoms with E-state index in [1.54, 1.807) is 13.3 Å². The molecule has 3 aromatic rings. The molecule has 0 unspecified atom stereocenters. The van der Waals surface area contributed by atoms with Gasteiger partial charge in [0.25, 0.3) is 0 Å². The van der Waals surface area contributed by atoms with Crippen LogP contribution in [0.4, 0.5) is 23.1 Å². The van der Waals surface area contributed by atoms with Gasteiger partial charge < -0.3 is 15.4 Å². The molecule has 1 aliphatic carbocycles. The minimum absolute atomic E-state index is 0.267. The van der Waals surface area contributed by atoms with E-state index in [2.05, 4.69) is 71.7 Å². The van der Waals surface area contributed by atoms with Gasteiger partial charge in [0.15, 0.2) is 5.82 Å². The van der Waals surface area contributed by atoms with Crippen molar-refractivity contribution in [3.05, 3.63) is 47.9 Å². The summed E-state index contributed by atoms with van der Waals surface area (Å²) in [5.74, 6) is 1.07. The number of halogens is 1. The molecule has 5 rings (SSSR count). The van der Waals surface area contributed by atoms with Gasteiger partial charge in [-0.25, -0.2) is 4.98 Å². The Morgan fingerprint density at radius 1 is 1.05 bits per heavy atom. The van der Waals surface area contributed by atoms with Crippen LogP contribution in [0.15, 0.2) is 42.9 Å². The molecule has 1 aromatic carbocycles. The molecule has 11 heteroatoms. The average Bonchev–Trinajstić information content (AvgIpc) is 3.32. The number of hydrogen-bond donors (Lipinski definition) is 2. The molecule has 2 N–H and O–H groups in total. The van der Waals surface area contributed by atoms with Crippen LogP contribution in [0.3, 0.4) is 0 Å². The smallest absolute Gasteiger partial charge is 0.229 e. The van der Waals surface area contributed by atoms with Gasteiger partial charge >= 0.3 is 0 Å². The average molecular weight is 543 g/mol. The highest BCUT2D eigenvalue weighted by molar-refractivity contribution is 7.64. The second-order valence-corrected chi connectivity index (χ2v) is 12.6. The Bertz CT molecular complexity index is 1180. The van der Waals surface area contributed by atoms with Crippen LogP contribution >= 0.6 is 19.5 Å². The number of ether oxygens (including phenoxy) is 1. The van der Waals surface area contributed by atoms with E-state index in [0.29, 0.717) is 28.9 Å². The van der Waals surface area contributed by atoms with E-state index >= 15 is 0 Å². The first kappa shape index (κ1) is 26.3. The van der Waals surface area contributed by atoms with Gasteiger partial charge in [-0.15, -0.1) is 0 Å². The summed E-state index contributed by atoms with van der Waals surface area (Å²) in [5.41, 5.74) is 1.89. The van der Waals surface area contributed by atoms with E-state index in [-0.39, 0.29) is 7.92 Å². The fourth-order valence-electron chi connectivity index (χ4n) is 4.99. The number of anilines is 4. The molecular formula is C26H36ClN8OP. The zero-order chi connectivity index (χ0) is 25.8. The molecule has 3 heterocycles. The van der Waals surface area contributed by atoms with Crippen LogP contribution in [-0.4, -0.2) is 95.4 Å². The lowest BCUT2D eigenvalue weighted by molar-refractivity contribution is 0.0266. The summed E-state index contributed by atoms with van der Waals surface area (Å²) < 4.78 is 7.29. The third-order valence-electron chi connectivity index (χ3n) is 7.24. The Balaban J connectivity index is 1.16. The van der Waals surface area contributed by atoms with Crippen molar-refractivity contribution in [3.63, 3.8) is 0 Å². The summed E-state index contributed by atoms with van der Waals surface area (Å²) in [5, 5.41) is 13.1. The van der Waals surface area contributed by atoms with Crippen LogP contribution in [0.1, 0.15) is 18.9 Å². The lowest BCUT2D eigenvalue weighted by Crippen LogP contribution is -2.54. The summed E-state index contributed by atoms with van der Waals surface area (Å²) in [4.78, 5) is 14.1. The van der Waals surface area contributed by atoms with Crippen molar-refractivity contribution in [2.24, 2.45) is 0 Å².